The molecule has 29 heavy (non-hydrogen) atoms. The Morgan fingerprint density at radius 2 is 1.86 bits per heavy atom. The molecule has 3 aromatic rings. The van der Waals surface area contributed by atoms with Crippen molar-refractivity contribution in [3.63, 3.8) is 0 Å². The lowest BCUT2D eigenvalue weighted by Crippen LogP contribution is -2.46. The van der Waals surface area contributed by atoms with E-state index in [2.05, 4.69) is 45.1 Å². The molecule has 0 bridgehead atoms. The monoisotopic (exact) mass is 389 g/mol. The van der Waals surface area contributed by atoms with Crippen molar-refractivity contribution in [2.45, 2.75) is 31.7 Å². The van der Waals surface area contributed by atoms with Gasteiger partial charge in [-0.3, -0.25) is 4.90 Å². The van der Waals surface area contributed by atoms with E-state index in [9.17, 15) is 5.21 Å². The van der Waals surface area contributed by atoms with Crippen molar-refractivity contribution in [1.29, 1.82) is 0 Å². The standard InChI is InChI=1S/C24H29N4O/c29-28-21(8-7-19-4-1-2-6-24(19)28)5-3-13-26-14-16-27(17-15-26)22-9-10-23-20(18-22)11-12-25-23/h1-2,4,6,9-12,18,21,25H,3,5,7-8,13-17H2/q-1. The maximum absolute atomic E-state index is 12.7. The summed E-state index contributed by atoms with van der Waals surface area (Å²) in [6.45, 7) is 5.43. The van der Waals surface area contributed by atoms with E-state index in [0.717, 1.165) is 64.1 Å². The minimum atomic E-state index is 0.138. The Kier molecular flexibility index (Phi) is 5.17. The highest BCUT2D eigenvalue weighted by Crippen LogP contribution is 2.31. The predicted molar refractivity (Wildman–Crippen MR) is 121 cm³/mol. The normalized spacial score (nSPS) is 20.2. The molecule has 0 aliphatic carbocycles. The molecular weight excluding hydrogens is 360 g/mol. The van der Waals surface area contributed by atoms with E-state index < -0.39 is 0 Å². The highest BCUT2D eigenvalue weighted by atomic mass is 16.5. The van der Waals surface area contributed by atoms with Crippen LogP contribution >= 0.6 is 0 Å². The summed E-state index contributed by atoms with van der Waals surface area (Å²) >= 11 is 0. The molecule has 1 saturated heterocycles. The second-order valence-corrected chi connectivity index (χ2v) is 8.37. The van der Waals surface area contributed by atoms with Gasteiger partial charge in [-0.05, 0) is 68.1 Å². The van der Waals surface area contributed by atoms with Crippen molar-refractivity contribution in [2.24, 2.45) is 0 Å². The molecule has 2 aliphatic rings. The number of aromatic amines is 1. The van der Waals surface area contributed by atoms with Crippen molar-refractivity contribution in [3.8, 4) is 0 Å². The van der Waals surface area contributed by atoms with Gasteiger partial charge in [0.25, 0.3) is 0 Å². The van der Waals surface area contributed by atoms with Gasteiger partial charge in [-0.15, -0.1) is 0 Å². The second-order valence-electron chi connectivity index (χ2n) is 8.37. The van der Waals surface area contributed by atoms with Gasteiger partial charge in [0.05, 0.1) is 0 Å². The Labute approximate surface area is 172 Å². The van der Waals surface area contributed by atoms with Gasteiger partial charge in [-0.1, -0.05) is 18.2 Å². The molecule has 1 unspecified atom stereocenters. The minimum Gasteiger partial charge on any atom is -0.758 e. The van der Waals surface area contributed by atoms with Crippen LogP contribution in [0.15, 0.2) is 54.7 Å². The number of benzene rings is 2. The number of piperazine rings is 1. The lowest BCUT2D eigenvalue weighted by Gasteiger charge is -2.44. The van der Waals surface area contributed by atoms with Crippen molar-refractivity contribution < 1.29 is 0 Å². The zero-order valence-electron chi connectivity index (χ0n) is 16.9. The Morgan fingerprint density at radius 3 is 2.76 bits per heavy atom. The van der Waals surface area contributed by atoms with Crippen LogP contribution in [0, 0.1) is 5.21 Å². The van der Waals surface area contributed by atoms with E-state index in [-0.39, 0.29) is 6.04 Å². The number of aromatic nitrogens is 1. The van der Waals surface area contributed by atoms with Crippen molar-refractivity contribution >= 4 is 22.3 Å². The first-order chi connectivity index (χ1) is 14.3. The maximum atomic E-state index is 12.7. The molecule has 0 amide bonds. The Bertz CT molecular complexity index is 960. The van der Waals surface area contributed by atoms with Crippen molar-refractivity contribution in [2.75, 3.05) is 42.7 Å². The molecule has 2 aliphatic heterocycles. The fourth-order valence-electron chi connectivity index (χ4n) is 4.85. The zero-order chi connectivity index (χ0) is 19.6. The molecule has 1 atom stereocenters. The van der Waals surface area contributed by atoms with E-state index in [1.807, 2.05) is 24.4 Å². The number of hydroxylamine groups is 1. The highest BCUT2D eigenvalue weighted by Gasteiger charge is 2.21. The van der Waals surface area contributed by atoms with Crippen LogP contribution in [0.4, 0.5) is 11.4 Å². The van der Waals surface area contributed by atoms with Gasteiger partial charge in [0.1, 0.15) is 0 Å². The fraction of sp³-hybridized carbons (Fsp3) is 0.417. The molecule has 5 heteroatoms. The summed E-state index contributed by atoms with van der Waals surface area (Å²) in [6.07, 6.45) is 6.10. The largest absolute Gasteiger partial charge is 0.758 e. The summed E-state index contributed by atoms with van der Waals surface area (Å²) in [7, 11) is 0. The van der Waals surface area contributed by atoms with Gasteiger partial charge in [-0.25, -0.2) is 0 Å². The van der Waals surface area contributed by atoms with E-state index in [1.54, 1.807) is 0 Å². The van der Waals surface area contributed by atoms with Gasteiger partial charge >= 0.3 is 0 Å². The van der Waals surface area contributed by atoms with Gasteiger partial charge in [-0.2, -0.15) is 0 Å². The molecule has 1 fully saturated rings. The summed E-state index contributed by atoms with van der Waals surface area (Å²) < 4.78 is 0. The number of para-hydroxylation sites is 1. The number of fused-ring (bicyclic) bond motifs is 2. The Balaban J connectivity index is 1.09. The lowest BCUT2D eigenvalue weighted by molar-refractivity contribution is 0.249. The number of rotatable bonds is 5. The van der Waals surface area contributed by atoms with Gasteiger partial charge in [0.15, 0.2) is 0 Å². The van der Waals surface area contributed by atoms with E-state index >= 15 is 0 Å². The van der Waals surface area contributed by atoms with Crippen LogP contribution in [0.2, 0.25) is 0 Å². The molecule has 5 nitrogen and oxygen atoms in total. The van der Waals surface area contributed by atoms with Gasteiger partial charge in [0, 0.05) is 60.7 Å². The van der Waals surface area contributed by atoms with Crippen LogP contribution in [-0.4, -0.2) is 48.6 Å². The summed E-state index contributed by atoms with van der Waals surface area (Å²) in [4.78, 5) is 8.30. The van der Waals surface area contributed by atoms with Crippen LogP contribution in [-0.2, 0) is 6.42 Å². The lowest BCUT2D eigenvalue weighted by atomic mass is 9.95. The first kappa shape index (κ1) is 18.5. The summed E-state index contributed by atoms with van der Waals surface area (Å²) in [5.41, 5.74) is 4.61. The zero-order valence-corrected chi connectivity index (χ0v) is 16.9. The van der Waals surface area contributed by atoms with E-state index in [1.165, 1.54) is 27.2 Å². The molecule has 3 heterocycles. The maximum Gasteiger partial charge on any atom is 0.0455 e. The topological polar surface area (TPSA) is 48.6 Å². The Morgan fingerprint density at radius 1 is 1.00 bits per heavy atom. The van der Waals surface area contributed by atoms with Crippen LogP contribution in [0.25, 0.3) is 10.9 Å². The van der Waals surface area contributed by atoms with Crippen LogP contribution in [0.3, 0.4) is 0 Å². The van der Waals surface area contributed by atoms with Gasteiger partial charge in [0.2, 0.25) is 0 Å². The third-order valence-electron chi connectivity index (χ3n) is 6.59. The van der Waals surface area contributed by atoms with E-state index in [4.69, 9.17) is 0 Å². The first-order valence-electron chi connectivity index (χ1n) is 10.9. The molecule has 1 aromatic heterocycles. The number of hydrogen-bond acceptors (Lipinski definition) is 4. The van der Waals surface area contributed by atoms with Crippen molar-refractivity contribution in [1.82, 2.24) is 9.88 Å². The average molecular weight is 390 g/mol. The fourth-order valence-corrected chi connectivity index (χ4v) is 4.85. The molecule has 1 N–H and O–H groups in total. The number of nitrogens with one attached hydrogen (secondary N) is 1. The predicted octanol–water partition coefficient (Wildman–Crippen LogP) is 4.39. The number of hydrogen-bond donors (Lipinski definition) is 1. The number of H-pyrrole nitrogens is 1. The SMILES string of the molecule is [O-]N1c2ccccc2CCC1CCCN1CCN(c2ccc3[nH]ccc3c2)CC1. The average Bonchev–Trinajstić information content (AvgIpc) is 3.24. The quantitative estimate of drug-likeness (QED) is 0.703. The molecule has 0 spiro atoms. The summed E-state index contributed by atoms with van der Waals surface area (Å²) in [5.74, 6) is 0. The highest BCUT2D eigenvalue weighted by molar-refractivity contribution is 5.83. The molecule has 5 rings (SSSR count). The van der Waals surface area contributed by atoms with Crippen molar-refractivity contribution in [3.05, 3.63) is 65.5 Å². The first-order valence-corrected chi connectivity index (χ1v) is 10.9. The Hall–Kier alpha value is -2.50. The number of aryl methyl sites for hydroxylation is 1. The van der Waals surface area contributed by atoms with Crippen LogP contribution in [0.5, 0.6) is 0 Å². The molecule has 0 saturated carbocycles. The second kappa shape index (κ2) is 8.09. The number of nitrogens with zero attached hydrogens (tertiary/aromatic N) is 3. The summed E-state index contributed by atoms with van der Waals surface area (Å²) in [6, 6.07) is 17.0. The van der Waals surface area contributed by atoms with E-state index in [0.29, 0.717) is 0 Å². The molecular formula is C24H29N4O-. The van der Waals surface area contributed by atoms with Crippen LogP contribution < -0.4 is 9.96 Å². The minimum absolute atomic E-state index is 0.138. The third kappa shape index (κ3) is 3.85. The number of anilines is 2. The van der Waals surface area contributed by atoms with Crippen LogP contribution in [0.1, 0.15) is 24.8 Å². The smallest absolute Gasteiger partial charge is 0.0455 e. The molecule has 0 radical (unpaired) electrons. The van der Waals surface area contributed by atoms with Gasteiger partial charge < -0.3 is 20.2 Å². The summed E-state index contributed by atoms with van der Waals surface area (Å²) in [5, 5.41) is 15.2. The molecule has 2 aromatic carbocycles. The third-order valence-corrected chi connectivity index (χ3v) is 6.59. The molecule has 152 valence electrons.